The van der Waals surface area contributed by atoms with Gasteiger partial charge in [0.25, 0.3) is 0 Å². The average Bonchev–Trinajstić information content (AvgIpc) is 3.16. The first-order valence-electron chi connectivity index (χ1n) is 20.2. The molecular weight excluding hydrogens is 500 g/mol. The molecule has 200 valence electrons. The summed E-state index contributed by atoms with van der Waals surface area (Å²) in [7, 11) is 0. The van der Waals surface area contributed by atoms with Gasteiger partial charge < -0.3 is 5.32 Å². The van der Waals surface area contributed by atoms with Gasteiger partial charge >= 0.3 is 0 Å². The van der Waals surface area contributed by atoms with Gasteiger partial charge in [0.05, 0.1) is 20.6 Å². The van der Waals surface area contributed by atoms with E-state index in [9.17, 15) is 0 Å². The number of hydrogen-bond donors (Lipinski definition) is 1. The second-order valence-electron chi connectivity index (χ2n) is 10.0. The van der Waals surface area contributed by atoms with E-state index in [-0.39, 0.29) is 29.0 Å². The van der Waals surface area contributed by atoms with Gasteiger partial charge in [-0.1, -0.05) is 130 Å². The van der Waals surface area contributed by atoms with Crippen molar-refractivity contribution in [2.24, 2.45) is 0 Å². The molecule has 0 saturated carbocycles. The van der Waals surface area contributed by atoms with Crippen LogP contribution < -0.4 is 5.32 Å². The average molecular weight is 548 g/mol. The van der Waals surface area contributed by atoms with E-state index >= 15 is 0 Å². The Morgan fingerprint density at radius 2 is 1.10 bits per heavy atom. The zero-order valence-electron chi connectivity index (χ0n) is 37.4. The van der Waals surface area contributed by atoms with Gasteiger partial charge in [0.1, 0.15) is 0 Å². The molecule has 0 bridgehead atoms. The fourth-order valence-corrected chi connectivity index (χ4v) is 4.05. The Bertz CT molecular complexity index is 2450. The minimum Gasteiger partial charge on any atom is -0.355 e. The van der Waals surface area contributed by atoms with Crippen molar-refractivity contribution in [2.75, 3.05) is 5.32 Å². The lowest BCUT2D eigenvalue weighted by Crippen LogP contribution is -2.12. The van der Waals surface area contributed by atoms with Gasteiger partial charge in [0.2, 0.25) is 0 Å². The van der Waals surface area contributed by atoms with Crippen molar-refractivity contribution in [2.45, 2.75) is 26.2 Å². The first-order valence-corrected chi connectivity index (χ1v) is 12.7. The van der Waals surface area contributed by atoms with E-state index in [1.165, 1.54) is 0 Å². The maximum atomic E-state index is 8.67. The van der Waals surface area contributed by atoms with Crippen LogP contribution in [0.4, 0.5) is 11.4 Å². The van der Waals surface area contributed by atoms with E-state index in [1.807, 2.05) is 26.8 Å². The fourth-order valence-electron chi connectivity index (χ4n) is 4.05. The number of nitrogens with one attached hydrogen (secondary N) is 1. The van der Waals surface area contributed by atoms with Crippen LogP contribution in [0.3, 0.4) is 0 Å². The number of hydrogen-bond acceptors (Lipinski definition) is 4. The van der Waals surface area contributed by atoms with Crippen molar-refractivity contribution < 1.29 is 20.6 Å². The quantitative estimate of drug-likeness (QED) is 0.225. The molecular formula is C37H32N4. The summed E-state index contributed by atoms with van der Waals surface area (Å²) >= 11 is 0. The lowest BCUT2D eigenvalue weighted by atomic mass is 9.85. The SMILES string of the molecule is [2H]c1c([2H])c([2H])c(-c2cccc(Nc3ccc(C(C)(C)C)cc3-c3nc(-c4c([2H])c([2H])c([2H])c([2H])c4[2H])nc(-c4c([2H])c([2H])c([2H])c([2H])c4[2H])n3)c2)c([2H])c1[2H]. The van der Waals surface area contributed by atoms with Crippen LogP contribution in [0.25, 0.3) is 45.3 Å². The summed E-state index contributed by atoms with van der Waals surface area (Å²) < 4.78 is 125. The maximum absolute atomic E-state index is 8.67. The number of rotatable bonds is 6. The third-order valence-electron chi connectivity index (χ3n) is 6.14. The Morgan fingerprint density at radius 1 is 0.561 bits per heavy atom. The summed E-state index contributed by atoms with van der Waals surface area (Å²) in [5.41, 5.74) is 0.940. The third kappa shape index (κ3) is 5.92. The molecule has 0 amide bonds. The molecule has 0 aliphatic rings. The molecule has 1 N–H and O–H groups in total. The van der Waals surface area contributed by atoms with Gasteiger partial charge in [-0.15, -0.1) is 0 Å². The van der Waals surface area contributed by atoms with Gasteiger partial charge in [-0.05, 0) is 46.4 Å². The van der Waals surface area contributed by atoms with Crippen LogP contribution in [0.5, 0.6) is 0 Å². The summed E-state index contributed by atoms with van der Waals surface area (Å²) in [6.45, 7) is 5.89. The number of nitrogens with zero attached hydrogens (tertiary/aromatic N) is 3. The lowest BCUT2D eigenvalue weighted by molar-refractivity contribution is 0.590. The normalized spacial score (nSPS) is 16.4. The first-order chi connectivity index (χ1) is 26.1. The van der Waals surface area contributed by atoms with Crippen LogP contribution in [0.2, 0.25) is 0 Å². The van der Waals surface area contributed by atoms with Crippen molar-refractivity contribution in [3.05, 3.63) is 139 Å². The Balaban J connectivity index is 1.65. The maximum Gasteiger partial charge on any atom is 0.166 e. The van der Waals surface area contributed by atoms with Crippen LogP contribution in [0.15, 0.2) is 133 Å². The van der Waals surface area contributed by atoms with E-state index in [4.69, 9.17) is 20.6 Å². The molecule has 41 heavy (non-hydrogen) atoms. The summed E-state index contributed by atoms with van der Waals surface area (Å²) in [6.07, 6.45) is 0. The molecule has 5 aromatic carbocycles. The highest BCUT2D eigenvalue weighted by molar-refractivity contribution is 5.81. The molecule has 1 heterocycles. The Morgan fingerprint density at radius 3 is 1.66 bits per heavy atom. The molecule has 0 aliphatic heterocycles. The monoisotopic (exact) mass is 547 g/mol. The van der Waals surface area contributed by atoms with Crippen LogP contribution in [0.1, 0.15) is 46.9 Å². The van der Waals surface area contributed by atoms with Crippen molar-refractivity contribution in [1.82, 2.24) is 15.0 Å². The second-order valence-corrected chi connectivity index (χ2v) is 10.0. The molecule has 0 spiro atoms. The number of aromatic nitrogens is 3. The van der Waals surface area contributed by atoms with Gasteiger partial charge in [-0.25, -0.2) is 15.0 Å². The molecule has 0 unspecified atom stereocenters. The molecule has 0 fully saturated rings. The predicted molar refractivity (Wildman–Crippen MR) is 170 cm³/mol. The molecule has 4 nitrogen and oxygen atoms in total. The largest absolute Gasteiger partial charge is 0.355 e. The fraction of sp³-hybridized carbons (Fsp3) is 0.108. The van der Waals surface area contributed by atoms with Gasteiger partial charge in [-0.3, -0.25) is 0 Å². The topological polar surface area (TPSA) is 50.7 Å². The lowest BCUT2D eigenvalue weighted by Gasteiger charge is -2.22. The van der Waals surface area contributed by atoms with E-state index in [0.29, 0.717) is 16.9 Å². The standard InChI is InChI=1S/C37H32N4/c1-37(2,3)30-22-23-33(38-31-21-13-20-29(24-31)26-14-7-4-8-15-26)32(25-30)36-40-34(27-16-9-5-10-17-27)39-35(41-36)28-18-11-6-12-19-28/h4-25,38H,1-3H3/i4D,5D,6D,7D,8D,9D,10D,11D,12D,14D,15D,16D,17D,18D,19D. The predicted octanol–water partition coefficient (Wildman–Crippen LogP) is 9.58. The minimum absolute atomic E-state index is 0.00746. The minimum atomic E-state index is -0.664. The molecule has 0 saturated heterocycles. The van der Waals surface area contributed by atoms with Gasteiger partial charge in [-0.2, -0.15) is 0 Å². The van der Waals surface area contributed by atoms with Crippen molar-refractivity contribution in [3.63, 3.8) is 0 Å². The zero-order chi connectivity index (χ0) is 41.3. The molecule has 0 aliphatic carbocycles. The van der Waals surface area contributed by atoms with E-state index in [0.717, 1.165) is 5.56 Å². The molecule has 1 aromatic heterocycles. The van der Waals surface area contributed by atoms with Crippen LogP contribution in [-0.2, 0) is 5.41 Å². The Labute approximate surface area is 262 Å². The summed E-state index contributed by atoms with van der Waals surface area (Å²) in [5, 5.41) is 3.28. The van der Waals surface area contributed by atoms with Crippen LogP contribution in [0, 0.1) is 0 Å². The number of benzene rings is 5. The summed E-state index contributed by atoms with van der Waals surface area (Å²) in [4.78, 5) is 13.6. The number of anilines is 2. The molecule has 6 rings (SSSR count). The van der Waals surface area contributed by atoms with Crippen molar-refractivity contribution in [3.8, 4) is 45.3 Å². The van der Waals surface area contributed by atoms with Crippen LogP contribution in [-0.4, -0.2) is 15.0 Å². The molecule has 0 atom stereocenters. The highest BCUT2D eigenvalue weighted by Gasteiger charge is 2.20. The van der Waals surface area contributed by atoms with Crippen molar-refractivity contribution in [1.29, 1.82) is 0 Å². The van der Waals surface area contributed by atoms with Gasteiger partial charge in [0, 0.05) is 28.1 Å². The van der Waals surface area contributed by atoms with E-state index < -0.39 is 107 Å². The summed E-state index contributed by atoms with van der Waals surface area (Å²) in [6, 6.07) is 3.10. The third-order valence-corrected chi connectivity index (χ3v) is 6.14. The highest BCUT2D eigenvalue weighted by atomic mass is 15.0. The molecule has 0 radical (unpaired) electrons. The Hall–Kier alpha value is -5.09. The molecule has 6 aromatic rings. The van der Waals surface area contributed by atoms with Gasteiger partial charge in [0.15, 0.2) is 17.5 Å². The van der Waals surface area contributed by atoms with E-state index in [1.54, 1.807) is 36.4 Å². The molecule has 4 heteroatoms. The zero-order valence-corrected chi connectivity index (χ0v) is 22.4. The van der Waals surface area contributed by atoms with Crippen molar-refractivity contribution >= 4 is 11.4 Å². The smallest absolute Gasteiger partial charge is 0.166 e. The second kappa shape index (κ2) is 11.2. The van der Waals surface area contributed by atoms with E-state index in [2.05, 4.69) is 20.3 Å². The summed E-state index contributed by atoms with van der Waals surface area (Å²) in [5.74, 6) is -0.966. The first kappa shape index (κ1) is 14.0. The van der Waals surface area contributed by atoms with Crippen LogP contribution >= 0.6 is 0 Å². The highest BCUT2D eigenvalue weighted by Crippen LogP contribution is 2.36. The Kier molecular flexibility index (Phi) is 3.82.